The Morgan fingerprint density at radius 1 is 0.974 bits per heavy atom. The molecule has 0 aliphatic carbocycles. The van der Waals surface area contributed by atoms with Crippen molar-refractivity contribution < 1.29 is 37.4 Å². The van der Waals surface area contributed by atoms with E-state index in [4.69, 9.17) is 14.2 Å². The summed E-state index contributed by atoms with van der Waals surface area (Å²) in [6.07, 6.45) is 1.54. The highest BCUT2D eigenvalue weighted by molar-refractivity contribution is 6.02. The zero-order valence-electron chi connectivity index (χ0n) is 21.3. The van der Waals surface area contributed by atoms with Gasteiger partial charge in [-0.25, -0.2) is 13.6 Å². The molecule has 10 heteroatoms. The van der Waals surface area contributed by atoms with E-state index in [1.54, 1.807) is 12.1 Å². The van der Waals surface area contributed by atoms with Gasteiger partial charge in [-0.3, -0.25) is 14.5 Å². The van der Waals surface area contributed by atoms with Crippen LogP contribution in [0.15, 0.2) is 72.8 Å². The van der Waals surface area contributed by atoms with Crippen molar-refractivity contribution in [2.45, 2.75) is 25.0 Å². The van der Waals surface area contributed by atoms with E-state index in [0.717, 1.165) is 12.8 Å². The van der Waals surface area contributed by atoms with Crippen LogP contribution in [-0.4, -0.2) is 50.8 Å². The van der Waals surface area contributed by atoms with Crippen molar-refractivity contribution in [2.75, 3.05) is 31.8 Å². The lowest BCUT2D eigenvalue weighted by molar-refractivity contribution is -0.127. The maximum atomic E-state index is 13.8. The van der Waals surface area contributed by atoms with Gasteiger partial charge in [0, 0.05) is 18.8 Å². The van der Waals surface area contributed by atoms with Crippen LogP contribution in [0.25, 0.3) is 0 Å². The predicted molar refractivity (Wildman–Crippen MR) is 138 cm³/mol. The van der Waals surface area contributed by atoms with Crippen molar-refractivity contribution in [1.82, 2.24) is 5.32 Å². The van der Waals surface area contributed by atoms with Gasteiger partial charge >= 0.3 is 5.97 Å². The number of hydrogen-bond acceptors (Lipinski definition) is 6. The van der Waals surface area contributed by atoms with Crippen molar-refractivity contribution in [3.63, 3.8) is 0 Å². The number of rotatable bonds is 10. The zero-order chi connectivity index (χ0) is 27.8. The van der Waals surface area contributed by atoms with Gasteiger partial charge in [-0.05, 0) is 79.1 Å². The number of halogens is 2. The van der Waals surface area contributed by atoms with E-state index in [9.17, 15) is 23.2 Å². The third-order valence-electron chi connectivity index (χ3n) is 6.23. The number of carbonyl (C=O) groups is 3. The van der Waals surface area contributed by atoms with E-state index in [1.807, 2.05) is 0 Å². The van der Waals surface area contributed by atoms with Gasteiger partial charge in [0.2, 0.25) is 5.91 Å². The summed E-state index contributed by atoms with van der Waals surface area (Å²) in [4.78, 5) is 40.5. The van der Waals surface area contributed by atoms with E-state index in [0.29, 0.717) is 12.2 Å². The molecule has 0 saturated carbocycles. The molecular formula is C29H28F2N2O6. The van der Waals surface area contributed by atoms with Crippen molar-refractivity contribution in [2.24, 2.45) is 0 Å². The minimum Gasteiger partial charge on any atom is -0.484 e. The fourth-order valence-electron chi connectivity index (χ4n) is 4.24. The Balaban J connectivity index is 1.68. The quantitative estimate of drug-likeness (QED) is 0.389. The molecule has 8 nitrogen and oxygen atoms in total. The van der Waals surface area contributed by atoms with Crippen molar-refractivity contribution in [3.05, 3.63) is 95.6 Å². The molecule has 39 heavy (non-hydrogen) atoms. The summed E-state index contributed by atoms with van der Waals surface area (Å²) < 4.78 is 43.0. The molecule has 0 spiro atoms. The zero-order valence-corrected chi connectivity index (χ0v) is 21.3. The molecule has 1 heterocycles. The van der Waals surface area contributed by atoms with Gasteiger partial charge in [0.05, 0.1) is 18.8 Å². The van der Waals surface area contributed by atoms with Crippen LogP contribution >= 0.6 is 0 Å². The lowest BCUT2D eigenvalue weighted by Gasteiger charge is -2.32. The Labute approximate surface area is 224 Å². The second-order valence-corrected chi connectivity index (χ2v) is 8.88. The van der Waals surface area contributed by atoms with Crippen LogP contribution in [0.1, 0.15) is 34.8 Å². The van der Waals surface area contributed by atoms with Crippen molar-refractivity contribution >= 4 is 23.5 Å². The Morgan fingerprint density at radius 3 is 2.21 bits per heavy atom. The third-order valence-corrected chi connectivity index (χ3v) is 6.23. The molecule has 3 aromatic rings. The molecule has 1 N–H and O–H groups in total. The Kier molecular flexibility index (Phi) is 9.22. The van der Waals surface area contributed by atoms with Crippen LogP contribution in [0, 0.1) is 11.6 Å². The smallest absolute Gasteiger partial charge is 0.337 e. The summed E-state index contributed by atoms with van der Waals surface area (Å²) in [7, 11) is 1.26. The highest BCUT2D eigenvalue weighted by Crippen LogP contribution is 2.29. The molecule has 0 bridgehead atoms. The number of esters is 1. The van der Waals surface area contributed by atoms with Gasteiger partial charge in [-0.2, -0.15) is 0 Å². The molecule has 2 atom stereocenters. The lowest BCUT2D eigenvalue weighted by atomic mass is 10.0. The Hall–Kier alpha value is -4.31. The highest BCUT2D eigenvalue weighted by atomic mass is 19.1. The maximum Gasteiger partial charge on any atom is 0.337 e. The molecule has 0 unspecified atom stereocenters. The topological polar surface area (TPSA) is 94.2 Å². The number of methoxy groups -OCH3 is 1. The number of nitrogens with one attached hydrogen (secondary N) is 1. The van der Waals surface area contributed by atoms with E-state index >= 15 is 0 Å². The summed E-state index contributed by atoms with van der Waals surface area (Å²) in [6, 6.07) is 15.1. The molecule has 1 saturated heterocycles. The Bertz CT molecular complexity index is 1280. The van der Waals surface area contributed by atoms with Crippen LogP contribution in [0.3, 0.4) is 0 Å². The fourth-order valence-corrected chi connectivity index (χ4v) is 4.24. The first-order valence-corrected chi connectivity index (χ1v) is 12.4. The third kappa shape index (κ3) is 7.17. The lowest BCUT2D eigenvalue weighted by Crippen LogP contribution is -2.47. The van der Waals surface area contributed by atoms with Gasteiger partial charge in [0.25, 0.3) is 5.91 Å². The van der Waals surface area contributed by atoms with Crippen molar-refractivity contribution in [1.29, 1.82) is 0 Å². The average Bonchev–Trinajstić information content (AvgIpc) is 3.48. The minimum atomic E-state index is -1.20. The van der Waals surface area contributed by atoms with E-state index in [1.165, 1.54) is 72.7 Å². The maximum absolute atomic E-state index is 13.8. The van der Waals surface area contributed by atoms with E-state index in [-0.39, 0.29) is 29.6 Å². The molecule has 1 aliphatic rings. The number of benzene rings is 3. The first kappa shape index (κ1) is 27.7. The second kappa shape index (κ2) is 13.0. The Morgan fingerprint density at radius 2 is 1.62 bits per heavy atom. The van der Waals surface area contributed by atoms with Gasteiger partial charge in [-0.1, -0.05) is 12.1 Å². The van der Waals surface area contributed by atoms with Crippen LogP contribution in [-0.2, 0) is 19.1 Å². The molecule has 0 radical (unpaired) electrons. The molecule has 3 aromatic carbocycles. The number of nitrogens with zero attached hydrogens (tertiary/aromatic N) is 1. The van der Waals surface area contributed by atoms with Gasteiger partial charge in [0.1, 0.15) is 23.4 Å². The monoisotopic (exact) mass is 538 g/mol. The van der Waals surface area contributed by atoms with Crippen molar-refractivity contribution in [3.8, 4) is 5.75 Å². The first-order valence-electron chi connectivity index (χ1n) is 12.4. The molecular weight excluding hydrogens is 510 g/mol. The van der Waals surface area contributed by atoms with E-state index < -0.39 is 42.1 Å². The fraction of sp³-hybridized carbons (Fsp3) is 0.276. The highest BCUT2D eigenvalue weighted by Gasteiger charge is 2.34. The van der Waals surface area contributed by atoms with Crippen LogP contribution in [0.5, 0.6) is 5.75 Å². The van der Waals surface area contributed by atoms with Gasteiger partial charge < -0.3 is 19.5 Å². The normalized spacial score (nSPS) is 15.3. The molecule has 0 aromatic heterocycles. The first-order chi connectivity index (χ1) is 18.9. The summed E-state index contributed by atoms with van der Waals surface area (Å²) >= 11 is 0. The van der Waals surface area contributed by atoms with E-state index in [2.05, 4.69) is 5.32 Å². The number of hydrogen-bond donors (Lipinski definition) is 1. The van der Waals surface area contributed by atoms with Crippen LogP contribution < -0.4 is 15.0 Å². The minimum absolute atomic E-state index is 0.145. The summed E-state index contributed by atoms with van der Waals surface area (Å²) in [5.41, 5.74) is 0.907. The summed E-state index contributed by atoms with van der Waals surface area (Å²) in [5, 5.41) is 2.86. The molecule has 204 valence electrons. The largest absolute Gasteiger partial charge is 0.484 e. The molecule has 1 fully saturated rings. The number of ether oxygens (including phenoxy) is 3. The van der Waals surface area contributed by atoms with Crippen LogP contribution in [0.4, 0.5) is 14.5 Å². The summed E-state index contributed by atoms with van der Waals surface area (Å²) in [6.45, 7) is 0.367. The number of carbonyl (C=O) groups excluding carboxylic acids is 3. The van der Waals surface area contributed by atoms with Gasteiger partial charge in [0.15, 0.2) is 6.61 Å². The van der Waals surface area contributed by atoms with Crippen LogP contribution in [0.2, 0.25) is 0 Å². The SMILES string of the molecule is COC(=O)c1ccc([C@@H](C(=O)NC[C@H]2CCCO2)N(C(=O)COc2ccc(F)cc2)c2ccc(F)cc2)cc1. The summed E-state index contributed by atoms with van der Waals surface area (Å²) in [5.74, 6) is -2.39. The standard InChI is InChI=1S/C29H28F2N2O6/c1-37-29(36)20-6-4-19(5-7-20)27(28(35)32-17-25-3-2-16-38-25)33(23-12-8-21(30)9-13-23)26(34)18-39-24-14-10-22(31)11-15-24/h4-15,25,27H,2-3,16-18H2,1H3,(H,32,35)/t25-,27+/m1/s1. The average molecular weight is 539 g/mol. The second-order valence-electron chi connectivity index (χ2n) is 8.88. The number of anilines is 1. The predicted octanol–water partition coefficient (Wildman–Crippen LogP) is 4.20. The number of amides is 2. The van der Waals surface area contributed by atoms with Gasteiger partial charge in [-0.15, -0.1) is 0 Å². The molecule has 2 amide bonds. The molecule has 1 aliphatic heterocycles. The molecule has 4 rings (SSSR count).